The van der Waals surface area contributed by atoms with Crippen LogP contribution < -0.4 is 26.0 Å². The van der Waals surface area contributed by atoms with Crippen molar-refractivity contribution in [1.29, 1.82) is 0 Å². The van der Waals surface area contributed by atoms with E-state index < -0.39 is 23.0 Å². The van der Waals surface area contributed by atoms with Gasteiger partial charge in [0, 0.05) is 5.69 Å². The molecule has 4 aromatic rings. The van der Waals surface area contributed by atoms with E-state index in [9.17, 15) is 18.8 Å². The number of anilines is 1. The molecule has 10 heteroatoms. The Morgan fingerprint density at radius 1 is 1.09 bits per heavy atom. The van der Waals surface area contributed by atoms with Gasteiger partial charge < -0.3 is 14.8 Å². The van der Waals surface area contributed by atoms with Crippen LogP contribution in [0.1, 0.15) is 11.1 Å². The second kappa shape index (κ2) is 8.21. The summed E-state index contributed by atoms with van der Waals surface area (Å²) in [5.74, 6) is 0.188. The third kappa shape index (κ3) is 3.89. The van der Waals surface area contributed by atoms with Gasteiger partial charge >= 0.3 is 5.69 Å². The largest absolute Gasteiger partial charge is 0.454 e. The van der Waals surface area contributed by atoms with E-state index in [-0.39, 0.29) is 25.6 Å². The van der Waals surface area contributed by atoms with Crippen molar-refractivity contribution in [3.05, 3.63) is 85.6 Å². The normalized spacial score (nSPS) is 12.3. The second-order valence-corrected chi connectivity index (χ2v) is 8.51. The zero-order valence-electron chi connectivity index (χ0n) is 17.5. The van der Waals surface area contributed by atoms with Gasteiger partial charge in [-0.1, -0.05) is 12.1 Å². The lowest BCUT2D eigenvalue weighted by molar-refractivity contribution is -0.116. The van der Waals surface area contributed by atoms with Gasteiger partial charge in [-0.25, -0.2) is 9.18 Å². The average Bonchev–Trinajstić information content (AvgIpc) is 3.46. The molecule has 0 atom stereocenters. The zero-order chi connectivity index (χ0) is 23.1. The Kier molecular flexibility index (Phi) is 5.21. The van der Waals surface area contributed by atoms with Crippen LogP contribution in [-0.2, 0) is 17.9 Å². The van der Waals surface area contributed by atoms with Gasteiger partial charge in [-0.15, -0.1) is 11.3 Å². The molecule has 0 radical (unpaired) electrons. The number of ether oxygens (including phenoxy) is 2. The number of aromatic nitrogens is 2. The van der Waals surface area contributed by atoms with E-state index in [2.05, 4.69) is 5.32 Å². The molecule has 2 aromatic carbocycles. The molecule has 0 saturated carbocycles. The molecule has 1 amide bonds. The third-order valence-electron chi connectivity index (χ3n) is 5.37. The van der Waals surface area contributed by atoms with Crippen molar-refractivity contribution in [2.45, 2.75) is 20.0 Å². The van der Waals surface area contributed by atoms with Gasteiger partial charge in [0.15, 0.2) is 11.5 Å². The third-order valence-corrected chi connectivity index (χ3v) is 6.26. The minimum absolute atomic E-state index is 0.00688. The van der Waals surface area contributed by atoms with Crippen LogP contribution in [0.3, 0.4) is 0 Å². The highest BCUT2D eigenvalue weighted by Crippen LogP contribution is 2.32. The van der Waals surface area contributed by atoms with Crippen LogP contribution in [-0.4, -0.2) is 21.8 Å². The number of hydrogen-bond acceptors (Lipinski definition) is 6. The Bertz CT molecular complexity index is 1520. The van der Waals surface area contributed by atoms with Crippen LogP contribution in [0.25, 0.3) is 10.2 Å². The van der Waals surface area contributed by atoms with Gasteiger partial charge in [0.25, 0.3) is 5.56 Å². The predicted molar refractivity (Wildman–Crippen MR) is 122 cm³/mol. The minimum atomic E-state index is -0.617. The highest BCUT2D eigenvalue weighted by Gasteiger charge is 2.19. The molecular formula is C23H18FN3O5S. The lowest BCUT2D eigenvalue weighted by atomic mass is 10.2. The van der Waals surface area contributed by atoms with Crippen LogP contribution in [0, 0.1) is 12.7 Å². The van der Waals surface area contributed by atoms with Gasteiger partial charge in [0.1, 0.15) is 17.1 Å². The minimum Gasteiger partial charge on any atom is -0.454 e. The molecule has 5 rings (SSSR count). The Morgan fingerprint density at radius 2 is 1.91 bits per heavy atom. The molecule has 33 heavy (non-hydrogen) atoms. The summed E-state index contributed by atoms with van der Waals surface area (Å²) in [7, 11) is 0. The number of carbonyl (C=O) groups is 1. The molecule has 8 nitrogen and oxygen atoms in total. The fourth-order valence-corrected chi connectivity index (χ4v) is 4.51. The number of amides is 1. The van der Waals surface area contributed by atoms with E-state index in [1.54, 1.807) is 48.7 Å². The lowest BCUT2D eigenvalue weighted by Gasteiger charge is -2.13. The summed E-state index contributed by atoms with van der Waals surface area (Å²) in [5.41, 5.74) is 0.752. The van der Waals surface area contributed by atoms with Gasteiger partial charge in [0.05, 0.1) is 12.1 Å². The Balaban J connectivity index is 1.49. The maximum atomic E-state index is 13.8. The summed E-state index contributed by atoms with van der Waals surface area (Å²) in [6.45, 7) is 1.42. The first kappa shape index (κ1) is 21.0. The summed E-state index contributed by atoms with van der Waals surface area (Å²) in [6, 6.07) is 11.2. The summed E-state index contributed by atoms with van der Waals surface area (Å²) < 4.78 is 27.2. The molecule has 2 aromatic heterocycles. The molecule has 1 aliphatic rings. The fraction of sp³-hybridized carbons (Fsp3) is 0.174. The first-order valence-corrected chi connectivity index (χ1v) is 10.9. The second-order valence-electron chi connectivity index (χ2n) is 7.59. The van der Waals surface area contributed by atoms with Crippen molar-refractivity contribution >= 4 is 33.1 Å². The van der Waals surface area contributed by atoms with Gasteiger partial charge in [-0.2, -0.15) is 0 Å². The van der Waals surface area contributed by atoms with Gasteiger partial charge in [-0.05, 0) is 53.8 Å². The molecule has 1 aliphatic heterocycles. The van der Waals surface area contributed by atoms with Crippen molar-refractivity contribution in [2.75, 3.05) is 12.1 Å². The van der Waals surface area contributed by atoms with Crippen LogP contribution in [0.2, 0.25) is 0 Å². The number of thiophene rings is 1. The summed E-state index contributed by atoms with van der Waals surface area (Å²) in [5, 5.41) is 4.30. The number of halogens is 1. The SMILES string of the molecule is Cc1ccc(NC(=O)Cn2c(=O)n(Cc3ccc4c(c3)OCO4)c(=O)c3sccc32)cc1F. The van der Waals surface area contributed by atoms with E-state index in [1.165, 1.54) is 22.0 Å². The van der Waals surface area contributed by atoms with Crippen molar-refractivity contribution in [1.82, 2.24) is 9.13 Å². The molecule has 0 spiro atoms. The molecule has 0 aliphatic carbocycles. The monoisotopic (exact) mass is 467 g/mol. The highest BCUT2D eigenvalue weighted by molar-refractivity contribution is 7.17. The number of rotatable bonds is 5. The standard InChI is InChI=1S/C23H18FN3O5S/c1-13-2-4-15(9-16(13)24)25-20(28)11-26-17-6-7-33-21(17)22(29)27(23(26)30)10-14-3-5-18-19(8-14)32-12-31-18/h2-9H,10-12H2,1H3,(H,25,28). The number of benzene rings is 2. The van der Waals surface area contributed by atoms with Crippen molar-refractivity contribution in [3.63, 3.8) is 0 Å². The van der Waals surface area contributed by atoms with E-state index >= 15 is 0 Å². The fourth-order valence-electron chi connectivity index (χ4n) is 3.66. The first-order valence-electron chi connectivity index (χ1n) is 10.1. The van der Waals surface area contributed by atoms with Crippen LogP contribution in [0.15, 0.2) is 57.4 Å². The first-order chi connectivity index (χ1) is 15.9. The quantitative estimate of drug-likeness (QED) is 0.487. The van der Waals surface area contributed by atoms with Crippen LogP contribution in [0.4, 0.5) is 10.1 Å². The topological polar surface area (TPSA) is 91.6 Å². The van der Waals surface area contributed by atoms with E-state index in [1.807, 2.05) is 0 Å². The summed E-state index contributed by atoms with van der Waals surface area (Å²) >= 11 is 1.20. The van der Waals surface area contributed by atoms with Crippen LogP contribution in [0.5, 0.6) is 11.5 Å². The van der Waals surface area contributed by atoms with Crippen molar-refractivity contribution < 1.29 is 18.7 Å². The lowest BCUT2D eigenvalue weighted by Crippen LogP contribution is -2.41. The molecule has 0 bridgehead atoms. The van der Waals surface area contributed by atoms with E-state index in [0.717, 1.165) is 4.57 Å². The average molecular weight is 467 g/mol. The smallest absolute Gasteiger partial charge is 0.332 e. The Morgan fingerprint density at radius 3 is 2.73 bits per heavy atom. The highest BCUT2D eigenvalue weighted by atomic mass is 32.1. The van der Waals surface area contributed by atoms with Crippen LogP contribution >= 0.6 is 11.3 Å². The van der Waals surface area contributed by atoms with Gasteiger partial charge in [0.2, 0.25) is 12.7 Å². The Hall–Kier alpha value is -3.92. The number of fused-ring (bicyclic) bond motifs is 2. The maximum Gasteiger partial charge on any atom is 0.332 e. The molecule has 0 unspecified atom stereocenters. The molecule has 0 saturated heterocycles. The molecular weight excluding hydrogens is 449 g/mol. The zero-order valence-corrected chi connectivity index (χ0v) is 18.3. The number of aryl methyl sites for hydroxylation is 1. The predicted octanol–water partition coefficient (Wildman–Crippen LogP) is 3.09. The number of nitrogens with one attached hydrogen (secondary N) is 1. The number of hydrogen-bond donors (Lipinski definition) is 1. The van der Waals surface area contributed by atoms with E-state index in [0.29, 0.717) is 32.8 Å². The van der Waals surface area contributed by atoms with Crippen molar-refractivity contribution in [2.24, 2.45) is 0 Å². The summed E-state index contributed by atoms with van der Waals surface area (Å²) in [6.07, 6.45) is 0. The molecule has 0 fully saturated rings. The maximum absolute atomic E-state index is 13.8. The number of carbonyl (C=O) groups excluding carboxylic acids is 1. The number of nitrogens with zero attached hydrogens (tertiary/aromatic N) is 2. The van der Waals surface area contributed by atoms with Gasteiger partial charge in [-0.3, -0.25) is 18.7 Å². The molecule has 168 valence electrons. The molecule has 1 N–H and O–H groups in total. The van der Waals surface area contributed by atoms with Crippen molar-refractivity contribution in [3.8, 4) is 11.5 Å². The van der Waals surface area contributed by atoms with E-state index in [4.69, 9.17) is 9.47 Å². The molecule has 3 heterocycles. The Labute approximate surface area is 190 Å². The summed E-state index contributed by atoms with van der Waals surface area (Å²) in [4.78, 5) is 38.9.